The molecule has 104 valence electrons. The highest BCUT2D eigenvalue weighted by molar-refractivity contribution is 5.03. The van der Waals surface area contributed by atoms with Gasteiger partial charge in [-0.1, -0.05) is 6.92 Å². The quantitative estimate of drug-likeness (QED) is 0.757. The van der Waals surface area contributed by atoms with E-state index >= 15 is 0 Å². The van der Waals surface area contributed by atoms with E-state index in [1.807, 2.05) is 13.8 Å². The summed E-state index contributed by atoms with van der Waals surface area (Å²) in [6, 6.07) is 2.32. The van der Waals surface area contributed by atoms with Crippen molar-refractivity contribution >= 4 is 0 Å². The standard InChI is InChI=1S/C14H26N2O2/c1-4-16-14(2,11-15)8-9-18-13-7-5-6-12(10-13)17-3/h12-13,16H,4-10H2,1-3H3. The Balaban J connectivity index is 2.26. The van der Waals surface area contributed by atoms with Crippen LogP contribution in [0.2, 0.25) is 0 Å². The first-order valence-corrected chi connectivity index (χ1v) is 6.94. The maximum absolute atomic E-state index is 9.15. The molecule has 0 heterocycles. The Morgan fingerprint density at radius 1 is 1.39 bits per heavy atom. The van der Waals surface area contributed by atoms with Crippen molar-refractivity contribution in [2.75, 3.05) is 20.3 Å². The number of nitriles is 1. The molecule has 18 heavy (non-hydrogen) atoms. The normalized spacial score (nSPS) is 27.4. The van der Waals surface area contributed by atoms with E-state index in [0.29, 0.717) is 18.8 Å². The molecule has 0 aromatic rings. The Morgan fingerprint density at radius 3 is 2.72 bits per heavy atom. The van der Waals surface area contributed by atoms with Gasteiger partial charge in [-0.25, -0.2) is 0 Å². The van der Waals surface area contributed by atoms with Gasteiger partial charge < -0.3 is 9.47 Å². The fraction of sp³-hybridized carbons (Fsp3) is 0.929. The molecule has 1 aliphatic carbocycles. The van der Waals surface area contributed by atoms with Crippen LogP contribution < -0.4 is 5.32 Å². The zero-order valence-corrected chi connectivity index (χ0v) is 11.9. The predicted octanol–water partition coefficient (Wildman–Crippen LogP) is 2.24. The summed E-state index contributed by atoms with van der Waals surface area (Å²) < 4.78 is 11.3. The molecule has 3 unspecified atom stereocenters. The minimum absolute atomic E-state index is 0.299. The van der Waals surface area contributed by atoms with E-state index in [0.717, 1.165) is 32.2 Å². The first kappa shape index (κ1) is 15.4. The van der Waals surface area contributed by atoms with Crippen LogP contribution in [0.25, 0.3) is 0 Å². The maximum Gasteiger partial charge on any atom is 0.106 e. The number of hydrogen-bond donors (Lipinski definition) is 1. The Kier molecular flexibility index (Phi) is 6.62. The molecular formula is C14H26N2O2. The number of methoxy groups -OCH3 is 1. The molecule has 0 amide bonds. The lowest BCUT2D eigenvalue weighted by Crippen LogP contribution is -2.42. The van der Waals surface area contributed by atoms with Crippen molar-refractivity contribution < 1.29 is 9.47 Å². The SMILES string of the molecule is CCNC(C)(C#N)CCOC1CCCC(OC)C1. The fourth-order valence-corrected chi connectivity index (χ4v) is 2.47. The molecule has 0 saturated heterocycles. The first-order valence-electron chi connectivity index (χ1n) is 6.94. The van der Waals surface area contributed by atoms with Crippen LogP contribution in [0.1, 0.15) is 46.0 Å². The topological polar surface area (TPSA) is 54.3 Å². The molecule has 1 fully saturated rings. The lowest BCUT2D eigenvalue weighted by molar-refractivity contribution is -0.0326. The molecule has 1 saturated carbocycles. The molecule has 0 bridgehead atoms. The minimum Gasteiger partial charge on any atom is -0.381 e. The third kappa shape index (κ3) is 4.93. The van der Waals surface area contributed by atoms with Crippen LogP contribution in [0.5, 0.6) is 0 Å². The maximum atomic E-state index is 9.15. The van der Waals surface area contributed by atoms with Crippen LogP contribution in [0.4, 0.5) is 0 Å². The van der Waals surface area contributed by atoms with Crippen molar-refractivity contribution in [3.8, 4) is 6.07 Å². The van der Waals surface area contributed by atoms with Crippen LogP contribution in [-0.2, 0) is 9.47 Å². The van der Waals surface area contributed by atoms with Gasteiger partial charge in [-0.15, -0.1) is 0 Å². The predicted molar refractivity (Wildman–Crippen MR) is 71.3 cm³/mol. The van der Waals surface area contributed by atoms with Crippen molar-refractivity contribution in [2.24, 2.45) is 0 Å². The molecule has 4 heteroatoms. The molecule has 0 aromatic heterocycles. The molecule has 0 aliphatic heterocycles. The minimum atomic E-state index is -0.468. The van der Waals surface area contributed by atoms with Gasteiger partial charge in [0.1, 0.15) is 5.54 Å². The van der Waals surface area contributed by atoms with E-state index in [4.69, 9.17) is 14.7 Å². The highest BCUT2D eigenvalue weighted by Gasteiger charge is 2.25. The van der Waals surface area contributed by atoms with Crippen molar-refractivity contribution in [3.63, 3.8) is 0 Å². The molecule has 1 N–H and O–H groups in total. The van der Waals surface area contributed by atoms with Crippen LogP contribution in [0.15, 0.2) is 0 Å². The Hall–Kier alpha value is -0.630. The van der Waals surface area contributed by atoms with Crippen LogP contribution in [0.3, 0.4) is 0 Å². The van der Waals surface area contributed by atoms with Gasteiger partial charge in [-0.3, -0.25) is 5.32 Å². The smallest absolute Gasteiger partial charge is 0.106 e. The molecule has 0 spiro atoms. The monoisotopic (exact) mass is 254 g/mol. The van der Waals surface area contributed by atoms with E-state index in [1.54, 1.807) is 7.11 Å². The lowest BCUT2D eigenvalue weighted by atomic mass is 9.94. The number of hydrogen-bond acceptors (Lipinski definition) is 4. The van der Waals surface area contributed by atoms with Crippen LogP contribution >= 0.6 is 0 Å². The molecule has 1 rings (SSSR count). The van der Waals surface area contributed by atoms with Gasteiger partial charge in [0.2, 0.25) is 0 Å². The van der Waals surface area contributed by atoms with Crippen molar-refractivity contribution in [1.29, 1.82) is 5.26 Å². The largest absolute Gasteiger partial charge is 0.381 e. The summed E-state index contributed by atoms with van der Waals surface area (Å²) in [5.74, 6) is 0. The highest BCUT2D eigenvalue weighted by Crippen LogP contribution is 2.23. The number of nitrogens with zero attached hydrogens (tertiary/aromatic N) is 1. The number of nitrogens with one attached hydrogen (secondary N) is 1. The molecule has 0 radical (unpaired) electrons. The molecule has 0 aromatic carbocycles. The molecule has 4 nitrogen and oxygen atoms in total. The zero-order chi connectivity index (χ0) is 13.4. The highest BCUT2D eigenvalue weighted by atomic mass is 16.5. The van der Waals surface area contributed by atoms with Crippen molar-refractivity contribution in [2.45, 2.75) is 63.7 Å². The molecule has 3 atom stereocenters. The second-order valence-electron chi connectivity index (χ2n) is 5.24. The van der Waals surface area contributed by atoms with Crippen molar-refractivity contribution in [3.05, 3.63) is 0 Å². The van der Waals surface area contributed by atoms with Crippen molar-refractivity contribution in [1.82, 2.24) is 5.32 Å². The van der Waals surface area contributed by atoms with E-state index < -0.39 is 5.54 Å². The van der Waals surface area contributed by atoms with Crippen LogP contribution in [-0.4, -0.2) is 38.0 Å². The van der Waals surface area contributed by atoms with Gasteiger partial charge in [0, 0.05) is 20.1 Å². The third-order valence-corrected chi connectivity index (χ3v) is 3.68. The third-order valence-electron chi connectivity index (χ3n) is 3.68. The second kappa shape index (κ2) is 7.73. The van der Waals surface area contributed by atoms with Gasteiger partial charge in [-0.2, -0.15) is 5.26 Å². The summed E-state index contributed by atoms with van der Waals surface area (Å²) in [5.41, 5.74) is -0.468. The van der Waals surface area contributed by atoms with Gasteiger partial charge in [-0.05, 0) is 39.2 Å². The zero-order valence-electron chi connectivity index (χ0n) is 11.9. The van der Waals surface area contributed by atoms with Gasteiger partial charge >= 0.3 is 0 Å². The van der Waals surface area contributed by atoms with E-state index in [-0.39, 0.29) is 0 Å². The molecular weight excluding hydrogens is 228 g/mol. The first-order chi connectivity index (χ1) is 8.63. The second-order valence-corrected chi connectivity index (χ2v) is 5.24. The summed E-state index contributed by atoms with van der Waals surface area (Å²) in [6.07, 6.45) is 5.79. The summed E-state index contributed by atoms with van der Waals surface area (Å²) in [7, 11) is 1.77. The average Bonchev–Trinajstić information content (AvgIpc) is 2.39. The summed E-state index contributed by atoms with van der Waals surface area (Å²) in [5, 5.41) is 12.3. The Bertz CT molecular complexity index is 277. The summed E-state index contributed by atoms with van der Waals surface area (Å²) in [4.78, 5) is 0. The summed E-state index contributed by atoms with van der Waals surface area (Å²) >= 11 is 0. The van der Waals surface area contributed by atoms with Gasteiger partial charge in [0.15, 0.2) is 0 Å². The van der Waals surface area contributed by atoms with E-state index in [9.17, 15) is 0 Å². The van der Waals surface area contributed by atoms with Gasteiger partial charge in [0.25, 0.3) is 0 Å². The van der Waals surface area contributed by atoms with Gasteiger partial charge in [0.05, 0.1) is 18.3 Å². The molecule has 1 aliphatic rings. The van der Waals surface area contributed by atoms with E-state index in [2.05, 4.69) is 11.4 Å². The summed E-state index contributed by atoms with van der Waals surface area (Å²) in [6.45, 7) is 5.39. The number of ether oxygens (including phenoxy) is 2. The lowest BCUT2D eigenvalue weighted by Gasteiger charge is -2.29. The fourth-order valence-electron chi connectivity index (χ4n) is 2.47. The Labute approximate surface area is 111 Å². The van der Waals surface area contributed by atoms with E-state index in [1.165, 1.54) is 6.42 Å². The number of rotatable bonds is 7. The Morgan fingerprint density at radius 2 is 2.11 bits per heavy atom. The average molecular weight is 254 g/mol. The van der Waals surface area contributed by atoms with Crippen LogP contribution in [0, 0.1) is 11.3 Å².